The Morgan fingerprint density at radius 1 is 1.14 bits per heavy atom. The molecular formula is C17H26N2O3. The predicted molar refractivity (Wildman–Crippen MR) is 86.8 cm³/mol. The standard InChI is InChI=1S/C17H26N2O3/c1-11(2)15(17(21)18-13(4)10-22-5)19-16(20)14-9-7-6-8-12(14)3/h6-9,11,13,15H,10H2,1-5H3,(H,18,21)(H,19,20). The number of ether oxygens (including phenoxy) is 1. The van der Waals surface area contributed by atoms with E-state index in [4.69, 9.17) is 4.74 Å². The number of amides is 2. The molecule has 0 aliphatic carbocycles. The summed E-state index contributed by atoms with van der Waals surface area (Å²) in [5, 5.41) is 5.68. The number of rotatable bonds is 7. The van der Waals surface area contributed by atoms with Crippen molar-refractivity contribution in [1.82, 2.24) is 10.6 Å². The third-order valence-electron chi connectivity index (χ3n) is 3.43. The van der Waals surface area contributed by atoms with Crippen molar-refractivity contribution >= 4 is 11.8 Å². The van der Waals surface area contributed by atoms with Crippen LogP contribution < -0.4 is 10.6 Å². The highest BCUT2D eigenvalue weighted by atomic mass is 16.5. The van der Waals surface area contributed by atoms with E-state index in [2.05, 4.69) is 10.6 Å². The van der Waals surface area contributed by atoms with E-state index >= 15 is 0 Å². The summed E-state index contributed by atoms with van der Waals surface area (Å²) in [6.45, 7) is 7.98. The minimum Gasteiger partial charge on any atom is -0.383 e. The summed E-state index contributed by atoms with van der Waals surface area (Å²) in [4.78, 5) is 24.7. The topological polar surface area (TPSA) is 67.4 Å². The van der Waals surface area contributed by atoms with Crippen LogP contribution in [0.3, 0.4) is 0 Å². The van der Waals surface area contributed by atoms with Crippen molar-refractivity contribution in [2.24, 2.45) is 5.92 Å². The third kappa shape index (κ3) is 5.15. The molecule has 0 fully saturated rings. The second kappa shape index (κ2) is 8.54. The molecule has 1 aromatic rings. The second-order valence-corrected chi connectivity index (χ2v) is 5.88. The molecule has 5 nitrogen and oxygen atoms in total. The Morgan fingerprint density at radius 3 is 2.32 bits per heavy atom. The first-order valence-corrected chi connectivity index (χ1v) is 7.52. The second-order valence-electron chi connectivity index (χ2n) is 5.88. The highest BCUT2D eigenvalue weighted by molar-refractivity contribution is 5.98. The smallest absolute Gasteiger partial charge is 0.252 e. The lowest BCUT2D eigenvalue weighted by atomic mass is 10.0. The molecule has 0 spiro atoms. The van der Waals surface area contributed by atoms with Gasteiger partial charge in [0.25, 0.3) is 5.91 Å². The van der Waals surface area contributed by atoms with Crippen LogP contribution in [-0.4, -0.2) is 37.6 Å². The molecule has 0 aromatic heterocycles. The molecule has 2 atom stereocenters. The average molecular weight is 306 g/mol. The fourth-order valence-corrected chi connectivity index (χ4v) is 2.21. The molecule has 0 bridgehead atoms. The van der Waals surface area contributed by atoms with Gasteiger partial charge in [-0.25, -0.2) is 0 Å². The summed E-state index contributed by atoms with van der Waals surface area (Å²) in [5.41, 5.74) is 1.47. The Bertz CT molecular complexity index is 514. The Hall–Kier alpha value is -1.88. The molecule has 0 aliphatic rings. The van der Waals surface area contributed by atoms with E-state index in [-0.39, 0.29) is 23.8 Å². The van der Waals surface area contributed by atoms with E-state index in [0.717, 1.165) is 5.56 Å². The SMILES string of the molecule is COCC(C)NC(=O)C(NC(=O)c1ccccc1C)C(C)C. The maximum atomic E-state index is 12.4. The van der Waals surface area contributed by atoms with Gasteiger partial charge in [-0.2, -0.15) is 0 Å². The molecule has 2 N–H and O–H groups in total. The molecule has 1 aromatic carbocycles. The summed E-state index contributed by atoms with van der Waals surface area (Å²) in [6.07, 6.45) is 0. The van der Waals surface area contributed by atoms with Crippen LogP contribution in [0.5, 0.6) is 0 Å². The maximum Gasteiger partial charge on any atom is 0.252 e. The summed E-state index contributed by atoms with van der Waals surface area (Å²) < 4.78 is 5.01. The lowest BCUT2D eigenvalue weighted by Gasteiger charge is -2.24. The van der Waals surface area contributed by atoms with Gasteiger partial charge in [0.15, 0.2) is 0 Å². The van der Waals surface area contributed by atoms with Crippen LogP contribution in [0, 0.1) is 12.8 Å². The van der Waals surface area contributed by atoms with Crippen molar-refractivity contribution in [1.29, 1.82) is 0 Å². The van der Waals surface area contributed by atoms with Gasteiger partial charge in [0.05, 0.1) is 6.61 Å². The normalized spacial score (nSPS) is 13.5. The van der Waals surface area contributed by atoms with Crippen molar-refractivity contribution in [3.8, 4) is 0 Å². The van der Waals surface area contributed by atoms with Crippen molar-refractivity contribution < 1.29 is 14.3 Å². The lowest BCUT2D eigenvalue weighted by molar-refractivity contribution is -0.124. The van der Waals surface area contributed by atoms with Gasteiger partial charge >= 0.3 is 0 Å². The average Bonchev–Trinajstić information content (AvgIpc) is 2.44. The molecule has 5 heteroatoms. The van der Waals surface area contributed by atoms with Crippen molar-refractivity contribution in [3.05, 3.63) is 35.4 Å². The number of methoxy groups -OCH3 is 1. The molecule has 0 aliphatic heterocycles. The number of hydrogen-bond acceptors (Lipinski definition) is 3. The molecule has 2 amide bonds. The quantitative estimate of drug-likeness (QED) is 0.808. The summed E-state index contributed by atoms with van der Waals surface area (Å²) in [7, 11) is 1.59. The molecule has 22 heavy (non-hydrogen) atoms. The molecule has 2 unspecified atom stereocenters. The van der Waals surface area contributed by atoms with Crippen LogP contribution in [-0.2, 0) is 9.53 Å². The predicted octanol–water partition coefficient (Wildman–Crippen LogP) is 1.90. The van der Waals surface area contributed by atoms with E-state index < -0.39 is 6.04 Å². The summed E-state index contributed by atoms with van der Waals surface area (Å²) in [5.74, 6) is -0.435. The highest BCUT2D eigenvalue weighted by Crippen LogP contribution is 2.09. The van der Waals surface area contributed by atoms with E-state index in [9.17, 15) is 9.59 Å². The lowest BCUT2D eigenvalue weighted by Crippen LogP contribution is -2.52. The molecule has 0 radical (unpaired) electrons. The van der Waals surface area contributed by atoms with Crippen LogP contribution >= 0.6 is 0 Å². The number of aryl methyl sites for hydroxylation is 1. The van der Waals surface area contributed by atoms with Crippen LogP contribution in [0.15, 0.2) is 24.3 Å². The Morgan fingerprint density at radius 2 is 1.77 bits per heavy atom. The first kappa shape index (κ1) is 18.2. The molecule has 1 rings (SSSR count). The fraction of sp³-hybridized carbons (Fsp3) is 0.529. The number of carbonyl (C=O) groups is 2. The largest absolute Gasteiger partial charge is 0.383 e. The maximum absolute atomic E-state index is 12.4. The molecule has 122 valence electrons. The monoisotopic (exact) mass is 306 g/mol. The van der Waals surface area contributed by atoms with Crippen molar-refractivity contribution in [3.63, 3.8) is 0 Å². The van der Waals surface area contributed by atoms with Crippen LogP contribution in [0.2, 0.25) is 0 Å². The number of hydrogen-bond donors (Lipinski definition) is 2. The van der Waals surface area contributed by atoms with Crippen LogP contribution in [0.25, 0.3) is 0 Å². The van der Waals surface area contributed by atoms with Crippen LogP contribution in [0.1, 0.15) is 36.7 Å². The zero-order chi connectivity index (χ0) is 16.7. The van der Waals surface area contributed by atoms with Crippen molar-refractivity contribution in [2.45, 2.75) is 39.8 Å². The van der Waals surface area contributed by atoms with Gasteiger partial charge in [-0.1, -0.05) is 32.0 Å². The highest BCUT2D eigenvalue weighted by Gasteiger charge is 2.26. The van der Waals surface area contributed by atoms with E-state index in [1.165, 1.54) is 0 Å². The first-order valence-electron chi connectivity index (χ1n) is 7.52. The van der Waals surface area contributed by atoms with E-state index in [1.807, 2.05) is 45.9 Å². The Kier molecular flexibility index (Phi) is 7.05. The molecular weight excluding hydrogens is 280 g/mol. The Labute approximate surface area is 132 Å². The molecule has 0 saturated heterocycles. The number of benzene rings is 1. The minimum absolute atomic E-state index is 0.0114. The van der Waals surface area contributed by atoms with Gasteiger partial charge in [-0.3, -0.25) is 9.59 Å². The van der Waals surface area contributed by atoms with Gasteiger partial charge < -0.3 is 15.4 Å². The number of nitrogens with one attached hydrogen (secondary N) is 2. The van der Waals surface area contributed by atoms with Crippen molar-refractivity contribution in [2.75, 3.05) is 13.7 Å². The van der Waals surface area contributed by atoms with E-state index in [1.54, 1.807) is 13.2 Å². The third-order valence-corrected chi connectivity index (χ3v) is 3.43. The minimum atomic E-state index is -0.577. The first-order chi connectivity index (χ1) is 10.4. The van der Waals surface area contributed by atoms with Gasteiger partial charge in [0.2, 0.25) is 5.91 Å². The summed E-state index contributed by atoms with van der Waals surface area (Å²) in [6, 6.07) is 6.65. The molecule has 0 heterocycles. The van der Waals surface area contributed by atoms with Gasteiger partial charge in [-0.05, 0) is 31.4 Å². The van der Waals surface area contributed by atoms with Gasteiger partial charge in [-0.15, -0.1) is 0 Å². The van der Waals surface area contributed by atoms with Crippen LogP contribution in [0.4, 0.5) is 0 Å². The zero-order valence-corrected chi connectivity index (χ0v) is 14.0. The van der Waals surface area contributed by atoms with Gasteiger partial charge in [0.1, 0.15) is 6.04 Å². The number of carbonyl (C=O) groups excluding carboxylic acids is 2. The summed E-state index contributed by atoms with van der Waals surface area (Å²) >= 11 is 0. The molecule has 0 saturated carbocycles. The van der Waals surface area contributed by atoms with Gasteiger partial charge in [0, 0.05) is 18.7 Å². The van der Waals surface area contributed by atoms with E-state index in [0.29, 0.717) is 12.2 Å². The zero-order valence-electron chi connectivity index (χ0n) is 14.0. The fourth-order valence-electron chi connectivity index (χ4n) is 2.21. The Balaban J connectivity index is 2.78.